The molecule has 0 aromatic carbocycles. The van der Waals surface area contributed by atoms with Crippen molar-refractivity contribution in [2.24, 2.45) is 34.6 Å². The molecule has 4 saturated carbocycles. The van der Waals surface area contributed by atoms with Gasteiger partial charge in [-0.1, -0.05) is 0 Å². The van der Waals surface area contributed by atoms with Crippen molar-refractivity contribution in [2.45, 2.75) is 125 Å². The zero-order valence-electron chi connectivity index (χ0n) is 20.4. The van der Waals surface area contributed by atoms with Crippen molar-refractivity contribution in [1.82, 2.24) is 10.2 Å². The summed E-state index contributed by atoms with van der Waals surface area (Å²) in [5.41, 5.74) is 0. The maximum atomic E-state index is 6.56. The highest BCUT2D eigenvalue weighted by atomic mass is 35.5. The molecule has 6 rings (SSSR count). The minimum atomic E-state index is 0.427. The summed E-state index contributed by atoms with van der Waals surface area (Å²) >= 11 is 13.1. The summed E-state index contributed by atoms with van der Waals surface area (Å²) in [5, 5.41) is 4.46. The lowest BCUT2D eigenvalue weighted by Crippen LogP contribution is -2.53. The normalized spacial score (nSPS) is 43.8. The van der Waals surface area contributed by atoms with Gasteiger partial charge in [0.25, 0.3) is 0 Å². The number of fused-ring (bicyclic) bond motifs is 1. The molecule has 2 aliphatic heterocycles. The van der Waals surface area contributed by atoms with Gasteiger partial charge in [0.1, 0.15) is 5.84 Å². The molecule has 0 spiro atoms. The SMILES string of the molecule is ClC1CCC(C(C2CCC(Cl)CC2)C2CCC3N=C(C4CC4)N(C4CCNCC4)C3C2)CC1. The summed E-state index contributed by atoms with van der Waals surface area (Å²) in [6.45, 7) is 2.37. The predicted octanol–water partition coefficient (Wildman–Crippen LogP) is 6.61. The molecule has 4 aliphatic carbocycles. The third-order valence-corrected chi connectivity index (χ3v) is 11.3. The van der Waals surface area contributed by atoms with Gasteiger partial charge in [0.05, 0.1) is 12.1 Å². The van der Waals surface area contributed by atoms with Gasteiger partial charge in [-0.3, -0.25) is 4.99 Å². The molecule has 5 heteroatoms. The van der Waals surface area contributed by atoms with E-state index in [0.717, 1.165) is 35.6 Å². The second-order valence-corrected chi connectivity index (χ2v) is 13.7. The van der Waals surface area contributed by atoms with Crippen LogP contribution in [0.15, 0.2) is 4.99 Å². The average molecular weight is 495 g/mol. The van der Waals surface area contributed by atoms with Gasteiger partial charge in [-0.2, -0.15) is 0 Å². The van der Waals surface area contributed by atoms with E-state index < -0.39 is 0 Å². The smallest absolute Gasteiger partial charge is 0.103 e. The monoisotopic (exact) mass is 493 g/mol. The second-order valence-electron chi connectivity index (χ2n) is 12.5. The molecule has 5 fully saturated rings. The Morgan fingerprint density at radius 3 is 1.85 bits per heavy atom. The molecule has 0 amide bonds. The van der Waals surface area contributed by atoms with Gasteiger partial charge in [-0.15, -0.1) is 23.2 Å². The van der Waals surface area contributed by atoms with Crippen molar-refractivity contribution < 1.29 is 0 Å². The van der Waals surface area contributed by atoms with E-state index in [-0.39, 0.29) is 0 Å². The third-order valence-electron chi connectivity index (χ3n) is 10.4. The number of hydrogen-bond acceptors (Lipinski definition) is 3. The van der Waals surface area contributed by atoms with Gasteiger partial charge in [0.2, 0.25) is 0 Å². The summed E-state index contributed by atoms with van der Waals surface area (Å²) in [6.07, 6.45) is 20.0. The second kappa shape index (κ2) is 10.2. The molecule has 0 bridgehead atoms. The van der Waals surface area contributed by atoms with E-state index in [1.807, 2.05) is 0 Å². The lowest BCUT2D eigenvalue weighted by atomic mass is 9.61. The highest BCUT2D eigenvalue weighted by Gasteiger charge is 2.50. The van der Waals surface area contributed by atoms with Crippen molar-refractivity contribution >= 4 is 29.0 Å². The van der Waals surface area contributed by atoms with Gasteiger partial charge in [0, 0.05) is 22.7 Å². The Morgan fingerprint density at radius 2 is 1.27 bits per heavy atom. The van der Waals surface area contributed by atoms with E-state index in [9.17, 15) is 0 Å². The van der Waals surface area contributed by atoms with Crippen LogP contribution in [-0.2, 0) is 0 Å². The average Bonchev–Trinajstić information content (AvgIpc) is 3.62. The van der Waals surface area contributed by atoms with Crippen LogP contribution in [0.1, 0.15) is 96.3 Å². The van der Waals surface area contributed by atoms with Crippen molar-refractivity contribution in [3.63, 3.8) is 0 Å². The zero-order chi connectivity index (χ0) is 22.4. The molecule has 6 aliphatic rings. The maximum Gasteiger partial charge on any atom is 0.103 e. The topological polar surface area (TPSA) is 27.6 Å². The minimum absolute atomic E-state index is 0.427. The van der Waals surface area contributed by atoms with E-state index in [1.54, 1.807) is 5.84 Å². The van der Waals surface area contributed by atoms with Gasteiger partial charge >= 0.3 is 0 Å². The highest BCUT2D eigenvalue weighted by Crippen LogP contribution is 2.51. The molecule has 3 unspecified atom stereocenters. The summed E-state index contributed by atoms with van der Waals surface area (Å²) in [5.74, 6) is 5.92. The Balaban J connectivity index is 1.22. The zero-order valence-corrected chi connectivity index (χ0v) is 22.0. The number of halogens is 2. The third kappa shape index (κ3) is 4.99. The molecule has 0 aromatic rings. The van der Waals surface area contributed by atoms with Gasteiger partial charge in [0.15, 0.2) is 0 Å². The molecule has 3 nitrogen and oxygen atoms in total. The molecule has 3 atom stereocenters. The van der Waals surface area contributed by atoms with Crippen LogP contribution in [0.5, 0.6) is 0 Å². The van der Waals surface area contributed by atoms with Crippen LogP contribution in [0.2, 0.25) is 0 Å². The number of hydrogen-bond donors (Lipinski definition) is 1. The lowest BCUT2D eigenvalue weighted by molar-refractivity contribution is 0.0403. The Hall–Kier alpha value is 0.01000. The van der Waals surface area contributed by atoms with Crippen molar-refractivity contribution in [2.75, 3.05) is 13.1 Å². The summed E-state index contributed by atoms with van der Waals surface area (Å²) in [6, 6.07) is 2.01. The van der Waals surface area contributed by atoms with Crippen LogP contribution in [-0.4, -0.2) is 52.7 Å². The molecule has 0 radical (unpaired) electrons. The first kappa shape index (κ1) is 23.4. The van der Waals surface area contributed by atoms with Crippen LogP contribution in [0.3, 0.4) is 0 Å². The number of rotatable bonds is 5. The maximum absolute atomic E-state index is 6.56. The first-order valence-corrected chi connectivity index (χ1v) is 15.4. The van der Waals surface area contributed by atoms with Crippen LogP contribution < -0.4 is 5.32 Å². The number of nitrogens with one attached hydrogen (secondary N) is 1. The fourth-order valence-corrected chi connectivity index (χ4v) is 9.15. The number of piperidine rings is 1. The Bertz CT molecular complexity index is 665. The Labute approximate surface area is 211 Å². The number of nitrogens with zero attached hydrogens (tertiary/aromatic N) is 2. The van der Waals surface area contributed by atoms with Crippen molar-refractivity contribution in [1.29, 1.82) is 0 Å². The first-order valence-electron chi connectivity index (χ1n) is 14.5. The Kier molecular flexibility index (Phi) is 7.22. The standard InChI is InChI=1S/C28H45Cl2N3/c29-22-8-3-18(4-9-22)27(19-5-10-23(30)11-6-19)21-7-12-25-26(17-21)33(24-13-15-31-16-14-24)28(32-25)20-1-2-20/h18-27,31H,1-17H2. The van der Waals surface area contributed by atoms with E-state index in [2.05, 4.69) is 10.2 Å². The molecule has 1 saturated heterocycles. The summed E-state index contributed by atoms with van der Waals surface area (Å²) in [4.78, 5) is 8.38. The Morgan fingerprint density at radius 1 is 0.697 bits per heavy atom. The molecular formula is C28H45Cl2N3. The minimum Gasteiger partial charge on any atom is -0.352 e. The van der Waals surface area contributed by atoms with Crippen LogP contribution in [0, 0.1) is 29.6 Å². The van der Waals surface area contributed by atoms with Gasteiger partial charge in [-0.05, 0) is 133 Å². The number of amidine groups is 1. The predicted molar refractivity (Wildman–Crippen MR) is 139 cm³/mol. The summed E-state index contributed by atoms with van der Waals surface area (Å²) in [7, 11) is 0. The summed E-state index contributed by atoms with van der Waals surface area (Å²) < 4.78 is 0. The fourth-order valence-electron chi connectivity index (χ4n) is 8.65. The van der Waals surface area contributed by atoms with E-state index in [1.165, 1.54) is 109 Å². The highest BCUT2D eigenvalue weighted by molar-refractivity contribution is 6.20. The van der Waals surface area contributed by atoms with E-state index >= 15 is 0 Å². The van der Waals surface area contributed by atoms with E-state index in [0.29, 0.717) is 22.8 Å². The number of alkyl halides is 2. The fraction of sp³-hybridized carbons (Fsp3) is 0.964. The quantitative estimate of drug-likeness (QED) is 0.436. The van der Waals surface area contributed by atoms with Crippen molar-refractivity contribution in [3.8, 4) is 0 Å². The van der Waals surface area contributed by atoms with Crippen molar-refractivity contribution in [3.05, 3.63) is 0 Å². The largest absolute Gasteiger partial charge is 0.352 e. The molecule has 186 valence electrons. The molecule has 1 N–H and O–H groups in total. The molecular weight excluding hydrogens is 449 g/mol. The first-order chi connectivity index (χ1) is 16.2. The van der Waals surface area contributed by atoms with E-state index in [4.69, 9.17) is 28.2 Å². The van der Waals surface area contributed by atoms with Crippen LogP contribution in [0.25, 0.3) is 0 Å². The number of aliphatic imine (C=N–C) groups is 1. The van der Waals surface area contributed by atoms with Gasteiger partial charge in [-0.25, -0.2) is 0 Å². The van der Waals surface area contributed by atoms with Crippen LogP contribution >= 0.6 is 23.2 Å². The molecule has 2 heterocycles. The molecule has 33 heavy (non-hydrogen) atoms. The lowest BCUT2D eigenvalue weighted by Gasteiger charge is -2.48. The van der Waals surface area contributed by atoms with Gasteiger partial charge < -0.3 is 10.2 Å². The van der Waals surface area contributed by atoms with Crippen LogP contribution in [0.4, 0.5) is 0 Å². The molecule has 0 aromatic heterocycles.